The number of nitrogens with two attached hydrogens (primary N) is 1. The lowest BCUT2D eigenvalue weighted by Gasteiger charge is -2.30. The second-order valence-electron chi connectivity index (χ2n) is 4.78. The number of nitrogen functional groups attached to an aromatic ring is 1. The molecule has 0 aliphatic heterocycles. The van der Waals surface area contributed by atoms with E-state index >= 15 is 0 Å². The zero-order chi connectivity index (χ0) is 13.7. The molecule has 0 bridgehead atoms. The molecule has 18 heavy (non-hydrogen) atoms. The molecule has 5 nitrogen and oxygen atoms in total. The van der Waals surface area contributed by atoms with E-state index in [1.54, 1.807) is 0 Å². The van der Waals surface area contributed by atoms with E-state index in [4.69, 9.17) is 17.3 Å². The first-order chi connectivity index (χ1) is 8.41. The van der Waals surface area contributed by atoms with Crippen LogP contribution in [0.25, 0.3) is 0 Å². The number of halogens is 1. The molecule has 0 radical (unpaired) electrons. The highest BCUT2D eigenvalue weighted by atomic mass is 35.5. The van der Waals surface area contributed by atoms with Gasteiger partial charge < -0.3 is 11.1 Å². The van der Waals surface area contributed by atoms with Crippen LogP contribution in [0, 0.1) is 0 Å². The van der Waals surface area contributed by atoms with Gasteiger partial charge in [-0.1, -0.05) is 11.6 Å². The Bertz CT molecular complexity index is 373. The number of anilines is 2. The maximum Gasteiger partial charge on any atom is 0.222 e. The maximum absolute atomic E-state index is 5.98. The summed E-state index contributed by atoms with van der Waals surface area (Å²) in [6.07, 6.45) is 1.51. The predicted molar refractivity (Wildman–Crippen MR) is 76.9 cm³/mol. The topological polar surface area (TPSA) is 67.1 Å². The summed E-state index contributed by atoms with van der Waals surface area (Å²) in [5.41, 5.74) is 5.52. The van der Waals surface area contributed by atoms with Crippen LogP contribution in [0.4, 0.5) is 11.8 Å². The van der Waals surface area contributed by atoms with Crippen LogP contribution in [0.5, 0.6) is 0 Å². The zero-order valence-corrected chi connectivity index (χ0v) is 12.2. The van der Waals surface area contributed by atoms with Crippen molar-refractivity contribution >= 4 is 23.4 Å². The van der Waals surface area contributed by atoms with Gasteiger partial charge in [-0.2, -0.15) is 4.98 Å². The summed E-state index contributed by atoms with van der Waals surface area (Å²) >= 11 is 5.98. The molecule has 0 aliphatic carbocycles. The molecule has 3 N–H and O–H groups in total. The Kier molecular flexibility index (Phi) is 5.62. The predicted octanol–water partition coefficient (Wildman–Crippen LogP) is 2.24. The molecular formula is C12H22ClN5. The van der Waals surface area contributed by atoms with Crippen LogP contribution in [0.1, 0.15) is 27.7 Å². The molecule has 0 atom stereocenters. The van der Waals surface area contributed by atoms with Crippen molar-refractivity contribution < 1.29 is 0 Å². The van der Waals surface area contributed by atoms with Gasteiger partial charge in [-0.25, -0.2) is 4.98 Å². The third-order valence-corrected chi connectivity index (χ3v) is 3.03. The van der Waals surface area contributed by atoms with Crippen molar-refractivity contribution in [2.24, 2.45) is 0 Å². The van der Waals surface area contributed by atoms with E-state index in [0.29, 0.717) is 22.9 Å². The Morgan fingerprint density at radius 3 is 2.50 bits per heavy atom. The number of nitrogens with one attached hydrogen (secondary N) is 1. The Hall–Kier alpha value is -1.07. The molecule has 0 amide bonds. The van der Waals surface area contributed by atoms with Crippen molar-refractivity contribution in [1.29, 1.82) is 0 Å². The van der Waals surface area contributed by atoms with Crippen LogP contribution in [0.2, 0.25) is 5.02 Å². The van der Waals surface area contributed by atoms with Gasteiger partial charge in [-0.05, 0) is 27.7 Å². The average Bonchev–Trinajstić information content (AvgIpc) is 2.27. The third-order valence-electron chi connectivity index (χ3n) is 2.75. The van der Waals surface area contributed by atoms with Gasteiger partial charge in [0.05, 0.1) is 6.20 Å². The van der Waals surface area contributed by atoms with Gasteiger partial charge in [0.1, 0.15) is 5.02 Å². The van der Waals surface area contributed by atoms with Gasteiger partial charge in [-0.15, -0.1) is 0 Å². The highest BCUT2D eigenvalue weighted by Crippen LogP contribution is 2.18. The van der Waals surface area contributed by atoms with Crippen molar-refractivity contribution in [3.63, 3.8) is 0 Å². The zero-order valence-electron chi connectivity index (χ0n) is 11.4. The second-order valence-corrected chi connectivity index (χ2v) is 5.18. The molecule has 0 saturated heterocycles. The number of rotatable bonds is 6. The number of aromatic nitrogens is 2. The van der Waals surface area contributed by atoms with Crippen LogP contribution in [0.15, 0.2) is 6.20 Å². The minimum absolute atomic E-state index is 0.228. The summed E-state index contributed by atoms with van der Waals surface area (Å²) in [6.45, 7) is 10.5. The lowest BCUT2D eigenvalue weighted by atomic mass is 10.2. The van der Waals surface area contributed by atoms with Crippen molar-refractivity contribution in [3.05, 3.63) is 11.2 Å². The Morgan fingerprint density at radius 2 is 1.94 bits per heavy atom. The lowest BCUT2D eigenvalue weighted by molar-refractivity contribution is 0.182. The molecule has 0 aliphatic rings. The summed E-state index contributed by atoms with van der Waals surface area (Å²) in [5, 5.41) is 3.68. The fourth-order valence-electron chi connectivity index (χ4n) is 1.92. The smallest absolute Gasteiger partial charge is 0.222 e. The second kappa shape index (κ2) is 6.75. The maximum atomic E-state index is 5.98. The van der Waals surface area contributed by atoms with Gasteiger partial charge in [0, 0.05) is 25.2 Å². The largest absolute Gasteiger partial charge is 0.368 e. The minimum atomic E-state index is 0.228. The van der Waals surface area contributed by atoms with Crippen LogP contribution in [-0.4, -0.2) is 40.0 Å². The molecule has 0 saturated carbocycles. The molecule has 0 fully saturated rings. The highest BCUT2D eigenvalue weighted by Gasteiger charge is 2.12. The third kappa shape index (κ3) is 4.31. The van der Waals surface area contributed by atoms with Crippen molar-refractivity contribution in [2.75, 3.05) is 24.1 Å². The molecule has 0 aromatic carbocycles. The van der Waals surface area contributed by atoms with E-state index in [1.165, 1.54) is 6.20 Å². The summed E-state index contributed by atoms with van der Waals surface area (Å²) in [4.78, 5) is 10.3. The highest BCUT2D eigenvalue weighted by molar-refractivity contribution is 6.32. The van der Waals surface area contributed by atoms with Gasteiger partial charge >= 0.3 is 0 Å². The summed E-state index contributed by atoms with van der Waals surface area (Å²) in [5.74, 6) is 0.822. The molecule has 102 valence electrons. The molecule has 0 unspecified atom stereocenters. The van der Waals surface area contributed by atoms with E-state index in [1.807, 2.05) is 0 Å². The van der Waals surface area contributed by atoms with E-state index in [2.05, 4.69) is 47.9 Å². The fourth-order valence-corrected chi connectivity index (χ4v) is 2.08. The molecule has 1 aromatic rings. The van der Waals surface area contributed by atoms with Gasteiger partial charge in [0.25, 0.3) is 0 Å². The molecule has 1 heterocycles. The standard InChI is InChI=1S/C12H22ClN5/c1-8(2)18(9(3)4)6-5-15-11-10(13)7-16-12(14)17-11/h7-9H,5-6H2,1-4H3,(H3,14,15,16,17). The van der Waals surface area contributed by atoms with Crippen molar-refractivity contribution in [3.8, 4) is 0 Å². The quantitative estimate of drug-likeness (QED) is 0.831. The van der Waals surface area contributed by atoms with Crippen LogP contribution in [0.3, 0.4) is 0 Å². The first-order valence-corrected chi connectivity index (χ1v) is 6.57. The minimum Gasteiger partial charge on any atom is -0.368 e. The van der Waals surface area contributed by atoms with E-state index in [-0.39, 0.29) is 5.95 Å². The molecule has 0 spiro atoms. The van der Waals surface area contributed by atoms with Crippen molar-refractivity contribution in [2.45, 2.75) is 39.8 Å². The first kappa shape index (κ1) is 15.0. The summed E-state index contributed by atoms with van der Waals surface area (Å²) in [6, 6.07) is 1.02. The molecule has 1 aromatic heterocycles. The summed E-state index contributed by atoms with van der Waals surface area (Å²) in [7, 11) is 0. The molecule has 1 rings (SSSR count). The number of nitrogens with zero attached hydrogens (tertiary/aromatic N) is 3. The monoisotopic (exact) mass is 271 g/mol. The van der Waals surface area contributed by atoms with Crippen LogP contribution >= 0.6 is 11.6 Å². The van der Waals surface area contributed by atoms with Gasteiger partial charge in [0.15, 0.2) is 5.82 Å². The fraction of sp³-hybridized carbons (Fsp3) is 0.667. The number of hydrogen-bond donors (Lipinski definition) is 2. The molecular weight excluding hydrogens is 250 g/mol. The number of hydrogen-bond acceptors (Lipinski definition) is 5. The van der Waals surface area contributed by atoms with E-state index in [9.17, 15) is 0 Å². The van der Waals surface area contributed by atoms with Crippen molar-refractivity contribution in [1.82, 2.24) is 14.9 Å². The summed E-state index contributed by atoms with van der Waals surface area (Å²) < 4.78 is 0. The average molecular weight is 272 g/mol. The lowest BCUT2D eigenvalue weighted by Crippen LogP contribution is -2.40. The Balaban J connectivity index is 2.52. The normalized spacial score (nSPS) is 11.6. The van der Waals surface area contributed by atoms with E-state index < -0.39 is 0 Å². The van der Waals surface area contributed by atoms with E-state index in [0.717, 1.165) is 13.1 Å². The Morgan fingerprint density at radius 1 is 1.33 bits per heavy atom. The van der Waals surface area contributed by atoms with Gasteiger partial charge in [0.2, 0.25) is 5.95 Å². The van der Waals surface area contributed by atoms with Crippen LogP contribution in [-0.2, 0) is 0 Å². The Labute approximate surface area is 114 Å². The van der Waals surface area contributed by atoms with Gasteiger partial charge in [-0.3, -0.25) is 4.90 Å². The first-order valence-electron chi connectivity index (χ1n) is 6.19. The molecule has 6 heteroatoms. The van der Waals surface area contributed by atoms with Crippen LogP contribution < -0.4 is 11.1 Å². The SMILES string of the molecule is CC(C)N(CCNc1nc(N)ncc1Cl)C(C)C.